The van der Waals surface area contributed by atoms with Gasteiger partial charge in [0.15, 0.2) is 6.61 Å². The van der Waals surface area contributed by atoms with Crippen molar-refractivity contribution in [1.82, 2.24) is 0 Å². The molecule has 1 saturated heterocycles. The lowest BCUT2D eigenvalue weighted by Gasteiger charge is -2.28. The summed E-state index contributed by atoms with van der Waals surface area (Å²) < 4.78 is 49.7. The highest BCUT2D eigenvalue weighted by atomic mass is 19.4. The number of ether oxygens (including phenoxy) is 2. The third-order valence-corrected chi connectivity index (χ3v) is 4.37. The van der Waals surface area contributed by atoms with Gasteiger partial charge in [0.1, 0.15) is 11.3 Å². The summed E-state index contributed by atoms with van der Waals surface area (Å²) in [6, 6.07) is 9.07. The van der Waals surface area contributed by atoms with Crippen LogP contribution in [0.15, 0.2) is 42.5 Å². The maximum atomic E-state index is 13.1. The van der Waals surface area contributed by atoms with Crippen LogP contribution in [0.1, 0.15) is 5.56 Å². The van der Waals surface area contributed by atoms with Gasteiger partial charge in [-0.25, -0.2) is 0 Å². The van der Waals surface area contributed by atoms with Gasteiger partial charge in [-0.1, -0.05) is 0 Å². The standard InChI is InChI=1S/C19H18F3N3O5/c20-19(21,22)16-11-15(25(27)28)5-6-17(16)30-12-18(26)23-13-1-3-14(4-2-13)24-7-9-29-10-8-24/h1-6,11H,7-10,12H2,(H,23,26). The molecular formula is C19H18F3N3O5. The zero-order valence-corrected chi connectivity index (χ0v) is 15.6. The van der Waals surface area contributed by atoms with Crippen molar-refractivity contribution in [2.24, 2.45) is 0 Å². The van der Waals surface area contributed by atoms with E-state index in [-0.39, 0.29) is 0 Å². The Balaban J connectivity index is 1.61. The molecule has 2 aromatic rings. The summed E-state index contributed by atoms with van der Waals surface area (Å²) in [5, 5.41) is 13.2. The number of anilines is 2. The summed E-state index contributed by atoms with van der Waals surface area (Å²) in [5.74, 6) is -1.33. The number of amides is 1. The molecule has 1 aliphatic heterocycles. The quantitative estimate of drug-likeness (QED) is 0.563. The topological polar surface area (TPSA) is 93.9 Å². The van der Waals surface area contributed by atoms with Crippen molar-refractivity contribution >= 4 is 23.0 Å². The Labute approximate surface area is 169 Å². The number of nitro groups is 1. The first-order chi connectivity index (χ1) is 14.2. The second-order valence-corrected chi connectivity index (χ2v) is 6.42. The zero-order chi connectivity index (χ0) is 21.7. The fourth-order valence-corrected chi connectivity index (χ4v) is 2.90. The number of nitrogens with zero attached hydrogens (tertiary/aromatic N) is 2. The van der Waals surface area contributed by atoms with Gasteiger partial charge in [-0.15, -0.1) is 0 Å². The molecule has 8 nitrogen and oxygen atoms in total. The van der Waals surface area contributed by atoms with Crippen LogP contribution in [0.25, 0.3) is 0 Å². The molecule has 3 rings (SSSR count). The first-order valence-corrected chi connectivity index (χ1v) is 8.95. The largest absolute Gasteiger partial charge is 0.483 e. The smallest absolute Gasteiger partial charge is 0.420 e. The highest BCUT2D eigenvalue weighted by Gasteiger charge is 2.36. The first-order valence-electron chi connectivity index (χ1n) is 8.95. The molecule has 30 heavy (non-hydrogen) atoms. The van der Waals surface area contributed by atoms with E-state index in [4.69, 9.17) is 9.47 Å². The highest BCUT2D eigenvalue weighted by molar-refractivity contribution is 5.92. The third-order valence-electron chi connectivity index (χ3n) is 4.37. The molecule has 0 atom stereocenters. The molecule has 0 spiro atoms. The van der Waals surface area contributed by atoms with Gasteiger partial charge in [0.05, 0.1) is 18.1 Å². The van der Waals surface area contributed by atoms with Crippen LogP contribution >= 0.6 is 0 Å². The van der Waals surface area contributed by atoms with E-state index in [1.165, 1.54) is 0 Å². The molecule has 1 aliphatic rings. The maximum Gasteiger partial charge on any atom is 0.420 e. The van der Waals surface area contributed by atoms with Crippen molar-refractivity contribution in [2.45, 2.75) is 6.18 Å². The van der Waals surface area contributed by atoms with Gasteiger partial charge in [0.25, 0.3) is 11.6 Å². The molecule has 0 radical (unpaired) electrons. The van der Waals surface area contributed by atoms with Crippen LogP contribution < -0.4 is 15.0 Å². The van der Waals surface area contributed by atoms with E-state index >= 15 is 0 Å². The number of morpholine rings is 1. The Morgan fingerprint density at radius 3 is 2.43 bits per heavy atom. The number of carbonyl (C=O) groups is 1. The molecule has 2 aromatic carbocycles. The Kier molecular flexibility index (Phi) is 6.40. The number of alkyl halides is 3. The average molecular weight is 425 g/mol. The van der Waals surface area contributed by atoms with Crippen LogP contribution in [0.5, 0.6) is 5.75 Å². The van der Waals surface area contributed by atoms with E-state index in [2.05, 4.69) is 10.2 Å². The van der Waals surface area contributed by atoms with Gasteiger partial charge >= 0.3 is 6.18 Å². The summed E-state index contributed by atoms with van der Waals surface area (Å²) in [6.45, 7) is 2.11. The molecule has 1 heterocycles. The Morgan fingerprint density at radius 2 is 1.83 bits per heavy atom. The second kappa shape index (κ2) is 8.99. The second-order valence-electron chi connectivity index (χ2n) is 6.42. The van der Waals surface area contributed by atoms with E-state index < -0.39 is 40.6 Å². The van der Waals surface area contributed by atoms with Crippen molar-refractivity contribution in [1.29, 1.82) is 0 Å². The predicted octanol–water partition coefficient (Wildman–Crippen LogP) is 3.47. The summed E-state index contributed by atoms with van der Waals surface area (Å²) in [5.41, 5.74) is -0.618. The third kappa shape index (κ3) is 5.38. The molecule has 160 valence electrons. The molecule has 0 saturated carbocycles. The molecular weight excluding hydrogens is 407 g/mol. The van der Waals surface area contributed by atoms with Crippen LogP contribution in [0.4, 0.5) is 30.2 Å². The van der Waals surface area contributed by atoms with Crippen molar-refractivity contribution in [3.8, 4) is 5.75 Å². The molecule has 11 heteroatoms. The number of hydrogen-bond acceptors (Lipinski definition) is 6. The van der Waals surface area contributed by atoms with Crippen LogP contribution in [-0.4, -0.2) is 43.7 Å². The van der Waals surface area contributed by atoms with E-state index in [0.29, 0.717) is 25.0 Å². The molecule has 0 unspecified atom stereocenters. The summed E-state index contributed by atoms with van der Waals surface area (Å²) in [4.78, 5) is 24.0. The lowest BCUT2D eigenvalue weighted by atomic mass is 10.1. The van der Waals surface area contributed by atoms with Crippen LogP contribution in [0.3, 0.4) is 0 Å². The molecule has 1 amide bonds. The molecule has 0 bridgehead atoms. The van der Waals surface area contributed by atoms with Gasteiger partial charge in [-0.3, -0.25) is 14.9 Å². The van der Waals surface area contributed by atoms with Gasteiger partial charge in [-0.2, -0.15) is 13.2 Å². The van der Waals surface area contributed by atoms with E-state index in [0.717, 1.165) is 30.9 Å². The fourth-order valence-electron chi connectivity index (χ4n) is 2.90. The van der Waals surface area contributed by atoms with Crippen LogP contribution in [0.2, 0.25) is 0 Å². The van der Waals surface area contributed by atoms with Gasteiger partial charge in [0, 0.05) is 36.6 Å². The highest BCUT2D eigenvalue weighted by Crippen LogP contribution is 2.38. The normalized spacial score (nSPS) is 14.3. The molecule has 0 aliphatic carbocycles. The van der Waals surface area contributed by atoms with Crippen molar-refractivity contribution in [3.05, 3.63) is 58.1 Å². The number of hydrogen-bond donors (Lipinski definition) is 1. The van der Waals surface area contributed by atoms with E-state index in [1.807, 2.05) is 12.1 Å². The number of halogens is 3. The number of rotatable bonds is 6. The lowest BCUT2D eigenvalue weighted by Crippen LogP contribution is -2.36. The molecule has 1 fully saturated rings. The van der Waals surface area contributed by atoms with Crippen molar-refractivity contribution < 1.29 is 32.4 Å². The van der Waals surface area contributed by atoms with Crippen molar-refractivity contribution in [2.75, 3.05) is 43.1 Å². The van der Waals surface area contributed by atoms with Crippen LogP contribution in [0, 0.1) is 10.1 Å². The number of nitro benzene ring substituents is 1. The fraction of sp³-hybridized carbons (Fsp3) is 0.316. The Hall–Kier alpha value is -3.34. The molecule has 1 N–H and O–H groups in total. The summed E-state index contributed by atoms with van der Waals surface area (Å²) in [7, 11) is 0. The maximum absolute atomic E-state index is 13.1. The Morgan fingerprint density at radius 1 is 1.17 bits per heavy atom. The van der Waals surface area contributed by atoms with Crippen molar-refractivity contribution in [3.63, 3.8) is 0 Å². The average Bonchev–Trinajstić information content (AvgIpc) is 2.72. The minimum Gasteiger partial charge on any atom is -0.483 e. The zero-order valence-electron chi connectivity index (χ0n) is 15.6. The number of nitrogens with one attached hydrogen (secondary N) is 1. The number of carbonyl (C=O) groups excluding carboxylic acids is 1. The van der Waals surface area contributed by atoms with Gasteiger partial charge < -0.3 is 19.7 Å². The Bertz CT molecular complexity index is 913. The predicted molar refractivity (Wildman–Crippen MR) is 102 cm³/mol. The van der Waals surface area contributed by atoms with E-state index in [1.54, 1.807) is 12.1 Å². The van der Waals surface area contributed by atoms with E-state index in [9.17, 15) is 28.1 Å². The number of non-ortho nitro benzene ring substituents is 1. The minimum absolute atomic E-state index is 0.373. The lowest BCUT2D eigenvalue weighted by molar-refractivity contribution is -0.385. The first kappa shape index (κ1) is 21.4. The van der Waals surface area contributed by atoms with Gasteiger partial charge in [-0.05, 0) is 30.3 Å². The summed E-state index contributed by atoms with van der Waals surface area (Å²) >= 11 is 0. The number of benzene rings is 2. The SMILES string of the molecule is O=C(COc1ccc([N+](=O)[O-])cc1C(F)(F)F)Nc1ccc(N2CCOCC2)cc1. The van der Waals surface area contributed by atoms with Crippen LogP contribution in [-0.2, 0) is 15.7 Å². The minimum atomic E-state index is -4.87. The summed E-state index contributed by atoms with van der Waals surface area (Å²) in [6.07, 6.45) is -4.87. The van der Waals surface area contributed by atoms with Gasteiger partial charge in [0.2, 0.25) is 0 Å². The monoisotopic (exact) mass is 425 g/mol. The molecule has 0 aromatic heterocycles.